The summed E-state index contributed by atoms with van der Waals surface area (Å²) in [6.07, 6.45) is 0. The molecule has 0 fully saturated rings. The van der Waals surface area contributed by atoms with Gasteiger partial charge in [0.15, 0.2) is 5.11 Å². The number of methoxy groups -OCH3 is 1. The number of anilines is 1. The minimum absolute atomic E-state index is 0.559. The average Bonchev–Trinajstić information content (AvgIpc) is 2.86. The monoisotopic (exact) mass is 451 g/mol. The van der Waals surface area contributed by atoms with Crippen LogP contribution in [0.25, 0.3) is 0 Å². The first-order valence-electron chi connectivity index (χ1n) is 8.79. The van der Waals surface area contributed by atoms with Gasteiger partial charge in [-0.25, -0.2) is 5.01 Å². The van der Waals surface area contributed by atoms with Crippen molar-refractivity contribution in [2.45, 2.75) is 6.54 Å². The zero-order valence-electron chi connectivity index (χ0n) is 15.2. The van der Waals surface area contributed by atoms with Crippen LogP contribution in [-0.4, -0.2) is 22.9 Å². The van der Waals surface area contributed by atoms with Crippen LogP contribution in [0, 0.1) is 0 Å². The second-order valence-corrected chi connectivity index (χ2v) is 7.64. The summed E-state index contributed by atoms with van der Waals surface area (Å²) in [5.74, 6) is 0.826. The van der Waals surface area contributed by atoms with Crippen molar-refractivity contribution in [1.29, 1.82) is 0 Å². The van der Waals surface area contributed by atoms with Gasteiger partial charge in [-0.1, -0.05) is 58.4 Å². The Balaban J connectivity index is 1.75. The van der Waals surface area contributed by atoms with E-state index < -0.39 is 0 Å². The molecule has 1 aliphatic rings. The van der Waals surface area contributed by atoms with Gasteiger partial charge >= 0.3 is 0 Å². The van der Waals surface area contributed by atoms with Crippen LogP contribution in [0.5, 0.6) is 5.75 Å². The van der Waals surface area contributed by atoms with E-state index in [9.17, 15) is 0 Å². The average molecular weight is 452 g/mol. The van der Waals surface area contributed by atoms with E-state index in [2.05, 4.69) is 39.4 Å². The number of ether oxygens (including phenoxy) is 1. The molecule has 0 bridgehead atoms. The molecule has 1 heterocycles. The van der Waals surface area contributed by atoms with Crippen LogP contribution in [0.2, 0.25) is 0 Å². The van der Waals surface area contributed by atoms with Gasteiger partial charge in [0.25, 0.3) is 0 Å². The Bertz CT molecular complexity index is 1030. The van der Waals surface area contributed by atoms with Gasteiger partial charge in [-0.15, -0.1) is 0 Å². The van der Waals surface area contributed by atoms with Crippen molar-refractivity contribution < 1.29 is 4.74 Å². The van der Waals surface area contributed by atoms with Gasteiger partial charge in [-0.3, -0.25) is 0 Å². The Hall–Kier alpha value is -2.70. The van der Waals surface area contributed by atoms with Crippen LogP contribution in [0.4, 0.5) is 5.69 Å². The predicted octanol–water partition coefficient (Wildman–Crippen LogP) is 5.42. The minimum Gasteiger partial charge on any atom is -0.497 e. The number of hydrogen-bond acceptors (Lipinski definition) is 3. The number of benzene rings is 3. The molecule has 3 aromatic rings. The molecular formula is C22H18BrN3OS. The summed E-state index contributed by atoms with van der Waals surface area (Å²) in [6.45, 7) is 0.559. The SMILES string of the molecule is COc1ccc(CN2N=C(c3ccc(Br)cc3)c3ccccc3NC2=S)cc1. The van der Waals surface area contributed by atoms with Gasteiger partial charge < -0.3 is 10.1 Å². The first kappa shape index (κ1) is 18.7. The second-order valence-electron chi connectivity index (χ2n) is 6.34. The molecule has 28 heavy (non-hydrogen) atoms. The first-order chi connectivity index (χ1) is 13.6. The standard InChI is InChI=1S/C22H18BrN3OS/c1-27-18-12-6-15(7-13-18)14-26-22(28)24-20-5-3-2-4-19(20)21(25-26)16-8-10-17(23)11-9-16/h2-13H,14H2,1H3,(H,24,28). The van der Waals surface area contributed by atoms with Crippen molar-refractivity contribution in [3.63, 3.8) is 0 Å². The normalized spacial score (nSPS) is 13.3. The molecule has 0 aliphatic carbocycles. The van der Waals surface area contributed by atoms with Gasteiger partial charge in [0.2, 0.25) is 0 Å². The van der Waals surface area contributed by atoms with Crippen molar-refractivity contribution >= 4 is 44.7 Å². The number of thiocarbonyl (C=S) groups is 1. The lowest BCUT2D eigenvalue weighted by Crippen LogP contribution is -2.29. The molecule has 140 valence electrons. The molecule has 0 atom stereocenters. The maximum Gasteiger partial charge on any atom is 0.194 e. The Kier molecular flexibility index (Phi) is 5.41. The van der Waals surface area contributed by atoms with Crippen molar-refractivity contribution in [2.24, 2.45) is 5.10 Å². The lowest BCUT2D eigenvalue weighted by atomic mass is 10.0. The number of halogens is 1. The highest BCUT2D eigenvalue weighted by Crippen LogP contribution is 2.26. The van der Waals surface area contributed by atoms with Crippen molar-refractivity contribution in [2.75, 3.05) is 12.4 Å². The van der Waals surface area contributed by atoms with E-state index in [1.54, 1.807) is 7.11 Å². The molecule has 1 aliphatic heterocycles. The summed E-state index contributed by atoms with van der Waals surface area (Å²) >= 11 is 9.14. The topological polar surface area (TPSA) is 36.9 Å². The van der Waals surface area contributed by atoms with Gasteiger partial charge in [0, 0.05) is 21.3 Å². The molecule has 1 N–H and O–H groups in total. The molecule has 6 heteroatoms. The number of nitrogens with one attached hydrogen (secondary N) is 1. The van der Waals surface area contributed by atoms with E-state index in [1.165, 1.54) is 0 Å². The van der Waals surface area contributed by atoms with Crippen molar-refractivity contribution in [1.82, 2.24) is 5.01 Å². The van der Waals surface area contributed by atoms with Crippen LogP contribution >= 0.6 is 28.1 Å². The molecule has 0 radical (unpaired) electrons. The van der Waals surface area contributed by atoms with Crippen molar-refractivity contribution in [3.8, 4) is 5.75 Å². The predicted molar refractivity (Wildman–Crippen MR) is 121 cm³/mol. The van der Waals surface area contributed by atoms with Gasteiger partial charge in [-0.05, 0) is 48.1 Å². The lowest BCUT2D eigenvalue weighted by Gasteiger charge is -2.19. The zero-order chi connectivity index (χ0) is 19.5. The number of rotatable bonds is 4. The van der Waals surface area contributed by atoms with Crippen LogP contribution in [-0.2, 0) is 6.54 Å². The molecule has 0 unspecified atom stereocenters. The fourth-order valence-corrected chi connectivity index (χ4v) is 3.51. The molecule has 4 nitrogen and oxygen atoms in total. The van der Waals surface area contributed by atoms with Gasteiger partial charge in [-0.2, -0.15) is 5.10 Å². The third-order valence-electron chi connectivity index (χ3n) is 4.49. The molecule has 4 rings (SSSR count). The Morgan fingerprint density at radius 2 is 1.71 bits per heavy atom. The maximum atomic E-state index is 5.64. The number of hydrogen-bond donors (Lipinski definition) is 1. The molecule has 0 saturated heterocycles. The van der Waals surface area contributed by atoms with Gasteiger partial charge in [0.1, 0.15) is 11.5 Å². The molecular weight excluding hydrogens is 434 g/mol. The Morgan fingerprint density at radius 1 is 1.00 bits per heavy atom. The Labute approximate surface area is 178 Å². The van der Waals surface area contributed by atoms with E-state index in [1.807, 2.05) is 59.6 Å². The van der Waals surface area contributed by atoms with E-state index in [0.29, 0.717) is 11.7 Å². The highest BCUT2D eigenvalue weighted by Gasteiger charge is 2.21. The highest BCUT2D eigenvalue weighted by molar-refractivity contribution is 9.10. The van der Waals surface area contributed by atoms with Gasteiger partial charge in [0.05, 0.1) is 13.7 Å². The number of hydrazone groups is 1. The Morgan fingerprint density at radius 3 is 2.43 bits per heavy atom. The van der Waals surface area contributed by atoms with E-state index in [4.69, 9.17) is 22.1 Å². The van der Waals surface area contributed by atoms with Crippen LogP contribution in [0.1, 0.15) is 16.7 Å². The fraction of sp³-hybridized carbons (Fsp3) is 0.0909. The van der Waals surface area contributed by atoms with Crippen LogP contribution < -0.4 is 10.1 Å². The maximum absolute atomic E-state index is 5.64. The molecule has 0 aromatic heterocycles. The number of nitrogens with zero attached hydrogens (tertiary/aromatic N) is 2. The van der Waals surface area contributed by atoms with Crippen LogP contribution in [0.15, 0.2) is 82.4 Å². The summed E-state index contributed by atoms with van der Waals surface area (Å²) in [6, 6.07) is 24.2. The first-order valence-corrected chi connectivity index (χ1v) is 9.99. The summed E-state index contributed by atoms with van der Waals surface area (Å²) in [5.41, 5.74) is 4.97. The summed E-state index contributed by atoms with van der Waals surface area (Å²) in [4.78, 5) is 0. The van der Waals surface area contributed by atoms with E-state index in [0.717, 1.165) is 38.3 Å². The number of fused-ring (bicyclic) bond motifs is 1. The summed E-state index contributed by atoms with van der Waals surface area (Å²) in [7, 11) is 1.66. The third kappa shape index (κ3) is 3.93. The lowest BCUT2D eigenvalue weighted by molar-refractivity contribution is 0.413. The largest absolute Gasteiger partial charge is 0.497 e. The zero-order valence-corrected chi connectivity index (χ0v) is 17.6. The molecule has 0 saturated carbocycles. The molecule has 0 spiro atoms. The highest BCUT2D eigenvalue weighted by atomic mass is 79.9. The quantitative estimate of drug-likeness (QED) is 0.537. The van der Waals surface area contributed by atoms with E-state index >= 15 is 0 Å². The minimum atomic E-state index is 0.559. The fourth-order valence-electron chi connectivity index (χ4n) is 3.03. The smallest absolute Gasteiger partial charge is 0.194 e. The van der Waals surface area contributed by atoms with Crippen molar-refractivity contribution in [3.05, 3.63) is 94.0 Å². The summed E-state index contributed by atoms with van der Waals surface area (Å²) in [5, 5.41) is 10.7. The third-order valence-corrected chi connectivity index (χ3v) is 5.33. The van der Waals surface area contributed by atoms with Crippen LogP contribution in [0.3, 0.4) is 0 Å². The molecule has 0 amide bonds. The number of para-hydroxylation sites is 1. The van der Waals surface area contributed by atoms with E-state index in [-0.39, 0.29) is 0 Å². The molecule has 3 aromatic carbocycles. The summed E-state index contributed by atoms with van der Waals surface area (Å²) < 4.78 is 6.27. The second kappa shape index (κ2) is 8.12.